The second-order valence-corrected chi connectivity index (χ2v) is 5.92. The van der Waals surface area contributed by atoms with Gasteiger partial charge in [-0.15, -0.1) is 0 Å². The van der Waals surface area contributed by atoms with E-state index in [0.717, 1.165) is 16.7 Å². The Bertz CT molecular complexity index is 948. The van der Waals surface area contributed by atoms with E-state index in [4.69, 9.17) is 22.7 Å². The SMILES string of the molecule is N=c1c(C(N)=O)cc(Cl)cn1Cc1cccc(-c2ccccc2)c1. The van der Waals surface area contributed by atoms with Gasteiger partial charge in [0.05, 0.1) is 10.6 Å². The Balaban J connectivity index is 1.98. The highest BCUT2D eigenvalue weighted by molar-refractivity contribution is 6.30. The van der Waals surface area contributed by atoms with E-state index in [1.54, 1.807) is 10.8 Å². The summed E-state index contributed by atoms with van der Waals surface area (Å²) in [5.74, 6) is -0.658. The van der Waals surface area contributed by atoms with Crippen LogP contribution in [-0.4, -0.2) is 10.5 Å². The summed E-state index contributed by atoms with van der Waals surface area (Å²) < 4.78 is 1.62. The first-order chi connectivity index (χ1) is 11.5. The third-order valence-corrected chi connectivity index (χ3v) is 3.96. The zero-order valence-electron chi connectivity index (χ0n) is 12.9. The molecule has 0 fully saturated rings. The molecule has 2 aromatic carbocycles. The summed E-state index contributed by atoms with van der Waals surface area (Å²) in [5, 5.41) is 8.52. The molecule has 0 aliphatic carbocycles. The van der Waals surface area contributed by atoms with E-state index in [9.17, 15) is 4.79 Å². The highest BCUT2D eigenvalue weighted by atomic mass is 35.5. The van der Waals surface area contributed by atoms with Crippen molar-refractivity contribution < 1.29 is 4.79 Å². The predicted molar refractivity (Wildman–Crippen MR) is 94.8 cm³/mol. The zero-order chi connectivity index (χ0) is 17.1. The van der Waals surface area contributed by atoms with E-state index in [-0.39, 0.29) is 11.1 Å². The van der Waals surface area contributed by atoms with Crippen molar-refractivity contribution in [1.29, 1.82) is 5.41 Å². The van der Waals surface area contributed by atoms with Crippen LogP contribution in [0.25, 0.3) is 11.1 Å². The summed E-state index contributed by atoms with van der Waals surface area (Å²) in [4.78, 5) is 11.4. The van der Waals surface area contributed by atoms with Crippen LogP contribution in [0.15, 0.2) is 66.9 Å². The first-order valence-electron chi connectivity index (χ1n) is 7.43. The number of aromatic nitrogens is 1. The van der Waals surface area contributed by atoms with Crippen molar-refractivity contribution in [2.45, 2.75) is 6.54 Å². The molecule has 3 rings (SSSR count). The number of nitrogens with zero attached hydrogens (tertiary/aromatic N) is 1. The van der Waals surface area contributed by atoms with Crippen LogP contribution in [0.1, 0.15) is 15.9 Å². The lowest BCUT2D eigenvalue weighted by Crippen LogP contribution is -2.29. The molecule has 1 aromatic heterocycles. The summed E-state index contributed by atoms with van der Waals surface area (Å²) >= 11 is 6.05. The zero-order valence-corrected chi connectivity index (χ0v) is 13.6. The highest BCUT2D eigenvalue weighted by Crippen LogP contribution is 2.20. The van der Waals surface area contributed by atoms with Gasteiger partial charge in [-0.2, -0.15) is 0 Å². The number of benzene rings is 2. The second-order valence-electron chi connectivity index (χ2n) is 5.48. The van der Waals surface area contributed by atoms with Crippen molar-refractivity contribution in [2.75, 3.05) is 0 Å². The van der Waals surface area contributed by atoms with E-state index < -0.39 is 5.91 Å². The van der Waals surface area contributed by atoms with Crippen LogP contribution in [0.3, 0.4) is 0 Å². The molecule has 1 amide bonds. The Morgan fingerprint density at radius 2 is 1.75 bits per heavy atom. The summed E-state index contributed by atoms with van der Waals surface area (Å²) in [6, 6.07) is 19.5. The number of rotatable bonds is 4. The van der Waals surface area contributed by atoms with Crippen molar-refractivity contribution in [1.82, 2.24) is 4.57 Å². The molecule has 0 saturated carbocycles. The van der Waals surface area contributed by atoms with Crippen molar-refractivity contribution in [2.24, 2.45) is 5.73 Å². The van der Waals surface area contributed by atoms with Crippen molar-refractivity contribution in [3.8, 4) is 11.1 Å². The number of carbonyl (C=O) groups is 1. The monoisotopic (exact) mass is 337 g/mol. The normalized spacial score (nSPS) is 10.5. The predicted octanol–water partition coefficient (Wildman–Crippen LogP) is 3.44. The number of nitrogens with one attached hydrogen (secondary N) is 1. The van der Waals surface area contributed by atoms with Crippen LogP contribution in [0.2, 0.25) is 5.02 Å². The minimum Gasteiger partial charge on any atom is -0.365 e. The molecule has 0 unspecified atom stereocenters. The third-order valence-electron chi connectivity index (χ3n) is 3.76. The average molecular weight is 338 g/mol. The van der Waals surface area contributed by atoms with E-state index >= 15 is 0 Å². The molecular formula is C19H16ClN3O. The number of hydrogen-bond donors (Lipinski definition) is 2. The van der Waals surface area contributed by atoms with Gasteiger partial charge in [-0.3, -0.25) is 10.2 Å². The molecule has 5 heteroatoms. The number of pyridine rings is 1. The smallest absolute Gasteiger partial charge is 0.252 e. The Labute approximate surface area is 144 Å². The molecule has 0 aliphatic heterocycles. The summed E-state index contributed by atoms with van der Waals surface area (Å²) in [5.41, 5.74) is 8.71. The summed E-state index contributed by atoms with van der Waals surface area (Å²) in [6.07, 6.45) is 1.63. The van der Waals surface area contributed by atoms with Gasteiger partial charge in [0.2, 0.25) is 0 Å². The molecule has 0 saturated heterocycles. The number of amides is 1. The number of halogens is 1. The maximum Gasteiger partial charge on any atom is 0.252 e. The third kappa shape index (κ3) is 3.39. The minimum atomic E-state index is -0.658. The molecule has 0 radical (unpaired) electrons. The second kappa shape index (κ2) is 6.72. The van der Waals surface area contributed by atoms with E-state index in [2.05, 4.69) is 6.07 Å². The van der Waals surface area contributed by atoms with Gasteiger partial charge in [0.25, 0.3) is 5.91 Å². The molecule has 0 bridgehead atoms. The Morgan fingerprint density at radius 1 is 1.04 bits per heavy atom. The Morgan fingerprint density at radius 3 is 2.46 bits per heavy atom. The van der Waals surface area contributed by atoms with E-state index in [1.807, 2.05) is 48.5 Å². The Kier molecular flexibility index (Phi) is 4.49. The average Bonchev–Trinajstić information content (AvgIpc) is 2.58. The van der Waals surface area contributed by atoms with Crippen LogP contribution < -0.4 is 11.2 Å². The maximum atomic E-state index is 11.4. The molecule has 4 nitrogen and oxygen atoms in total. The lowest BCUT2D eigenvalue weighted by Gasteiger charge is -2.11. The number of nitrogens with two attached hydrogens (primary N) is 1. The molecule has 24 heavy (non-hydrogen) atoms. The van der Waals surface area contributed by atoms with Gasteiger partial charge in [0, 0.05) is 12.7 Å². The first kappa shape index (κ1) is 16.0. The van der Waals surface area contributed by atoms with Crippen molar-refractivity contribution >= 4 is 17.5 Å². The molecule has 120 valence electrons. The number of hydrogen-bond acceptors (Lipinski definition) is 2. The fraction of sp³-hybridized carbons (Fsp3) is 0.0526. The number of carbonyl (C=O) groups excluding carboxylic acids is 1. The maximum absolute atomic E-state index is 11.4. The molecule has 0 atom stereocenters. The summed E-state index contributed by atoms with van der Waals surface area (Å²) in [6.45, 7) is 0.431. The van der Waals surface area contributed by atoms with Gasteiger partial charge >= 0.3 is 0 Å². The van der Waals surface area contributed by atoms with Crippen LogP contribution in [0.4, 0.5) is 0 Å². The minimum absolute atomic E-state index is 0.0528. The quantitative estimate of drug-likeness (QED) is 0.752. The van der Waals surface area contributed by atoms with Crippen LogP contribution in [0, 0.1) is 5.41 Å². The molecule has 0 spiro atoms. The largest absolute Gasteiger partial charge is 0.365 e. The van der Waals surface area contributed by atoms with Gasteiger partial charge in [-0.25, -0.2) is 0 Å². The lowest BCUT2D eigenvalue weighted by molar-refractivity contribution is 0.0998. The van der Waals surface area contributed by atoms with Crippen molar-refractivity contribution in [3.05, 3.63) is 88.5 Å². The van der Waals surface area contributed by atoms with Gasteiger partial charge in [-0.1, -0.05) is 60.1 Å². The highest BCUT2D eigenvalue weighted by Gasteiger charge is 2.09. The summed E-state index contributed by atoms with van der Waals surface area (Å²) in [7, 11) is 0. The van der Waals surface area contributed by atoms with Gasteiger partial charge in [0.15, 0.2) is 0 Å². The Hall–Kier alpha value is -2.85. The molecule has 3 aromatic rings. The fourth-order valence-electron chi connectivity index (χ4n) is 2.60. The van der Waals surface area contributed by atoms with Crippen LogP contribution in [0.5, 0.6) is 0 Å². The molecule has 0 aliphatic rings. The fourth-order valence-corrected chi connectivity index (χ4v) is 2.83. The topological polar surface area (TPSA) is 71.9 Å². The lowest BCUT2D eigenvalue weighted by atomic mass is 10.0. The van der Waals surface area contributed by atoms with E-state index in [1.165, 1.54) is 6.07 Å². The van der Waals surface area contributed by atoms with E-state index in [0.29, 0.717) is 11.6 Å². The molecule has 3 N–H and O–H groups in total. The van der Waals surface area contributed by atoms with Gasteiger partial charge in [0.1, 0.15) is 5.49 Å². The van der Waals surface area contributed by atoms with Crippen LogP contribution in [-0.2, 0) is 6.54 Å². The molecular weight excluding hydrogens is 322 g/mol. The first-order valence-corrected chi connectivity index (χ1v) is 7.81. The molecule has 1 heterocycles. The van der Waals surface area contributed by atoms with Gasteiger partial charge in [-0.05, 0) is 28.8 Å². The van der Waals surface area contributed by atoms with Gasteiger partial charge < -0.3 is 10.3 Å². The number of primary amides is 1. The van der Waals surface area contributed by atoms with Crippen LogP contribution >= 0.6 is 11.6 Å². The van der Waals surface area contributed by atoms with Crippen molar-refractivity contribution in [3.63, 3.8) is 0 Å². The standard InChI is InChI=1S/C19H16ClN3O/c20-16-10-17(19(22)24)18(21)23(12-16)11-13-5-4-8-15(9-13)14-6-2-1-3-7-14/h1-10,12,21H,11H2,(H2,22,24).